The maximum atomic E-state index is 5.20. The molecule has 0 fully saturated rings. The molecule has 4 heterocycles. The average Bonchev–Trinajstić information content (AvgIpc) is 3.87. The summed E-state index contributed by atoms with van der Waals surface area (Å²) in [5.74, 6) is 0. The van der Waals surface area contributed by atoms with Crippen molar-refractivity contribution in [2.45, 2.75) is 0 Å². The standard InChI is InChI=1S/C40H24N4O2/c1-2-6-26-17-27(10-9-25(26)5-1)28-11-14-33-34(18-28)40(30-13-16-36(42-20-30)38-22-46-24-44-38)32-8-4-3-7-31(32)39(33)29-12-15-35(41-19-29)37-21-45-23-43-37/h1-24H. The van der Waals surface area contributed by atoms with E-state index in [9.17, 15) is 0 Å². The first-order chi connectivity index (χ1) is 22.8. The molecule has 0 saturated carbocycles. The fourth-order valence-electron chi connectivity index (χ4n) is 6.41. The normalized spacial score (nSPS) is 11.5. The Kier molecular flexibility index (Phi) is 6.03. The Morgan fingerprint density at radius 3 is 1.48 bits per heavy atom. The minimum absolute atomic E-state index is 0.705. The smallest absolute Gasteiger partial charge is 0.181 e. The van der Waals surface area contributed by atoms with Crippen LogP contribution in [0.3, 0.4) is 0 Å². The lowest BCUT2D eigenvalue weighted by molar-refractivity contribution is 0.558. The zero-order valence-corrected chi connectivity index (χ0v) is 24.5. The highest BCUT2D eigenvalue weighted by Crippen LogP contribution is 2.45. The Morgan fingerprint density at radius 1 is 0.370 bits per heavy atom. The maximum absolute atomic E-state index is 5.20. The van der Waals surface area contributed by atoms with Crippen LogP contribution in [0.4, 0.5) is 0 Å². The SMILES string of the molecule is c1ccc2cc(-c3ccc4c(-c5ccc(-c6cocn6)nc5)c5ccccc5c(-c5ccc(-c6cocn6)nc5)c4c3)ccc2c1. The summed E-state index contributed by atoms with van der Waals surface area (Å²) in [5.41, 5.74) is 9.56. The van der Waals surface area contributed by atoms with E-state index in [0.29, 0.717) is 11.4 Å². The van der Waals surface area contributed by atoms with Gasteiger partial charge >= 0.3 is 0 Å². The molecule has 0 bridgehead atoms. The number of fused-ring (bicyclic) bond motifs is 3. The van der Waals surface area contributed by atoms with Crippen molar-refractivity contribution in [2.24, 2.45) is 0 Å². The molecule has 0 aliphatic carbocycles. The number of aromatic nitrogens is 4. The number of pyridine rings is 2. The van der Waals surface area contributed by atoms with Gasteiger partial charge in [0.15, 0.2) is 12.8 Å². The van der Waals surface area contributed by atoms with Crippen LogP contribution in [-0.4, -0.2) is 19.9 Å². The van der Waals surface area contributed by atoms with E-state index in [1.165, 1.54) is 29.1 Å². The largest absolute Gasteiger partial charge is 0.451 e. The van der Waals surface area contributed by atoms with E-state index < -0.39 is 0 Å². The molecule has 0 amide bonds. The molecule has 0 unspecified atom stereocenters. The van der Waals surface area contributed by atoms with Crippen LogP contribution in [0.2, 0.25) is 0 Å². The molecule has 9 rings (SSSR count). The highest BCUT2D eigenvalue weighted by Gasteiger charge is 2.19. The predicted molar refractivity (Wildman–Crippen MR) is 182 cm³/mol. The van der Waals surface area contributed by atoms with E-state index in [1.807, 2.05) is 24.5 Å². The summed E-state index contributed by atoms with van der Waals surface area (Å²) >= 11 is 0. The van der Waals surface area contributed by atoms with Crippen molar-refractivity contribution in [3.63, 3.8) is 0 Å². The zero-order valence-electron chi connectivity index (χ0n) is 24.5. The second-order valence-corrected chi connectivity index (χ2v) is 11.2. The highest BCUT2D eigenvalue weighted by molar-refractivity contribution is 6.22. The van der Waals surface area contributed by atoms with Crippen molar-refractivity contribution in [3.8, 4) is 56.2 Å². The van der Waals surface area contributed by atoms with E-state index in [2.05, 4.69) is 107 Å². The first-order valence-electron chi connectivity index (χ1n) is 15.0. The predicted octanol–water partition coefficient (Wildman–Crippen LogP) is 10.2. The van der Waals surface area contributed by atoms with Gasteiger partial charge in [-0.1, -0.05) is 84.9 Å². The second kappa shape index (κ2) is 10.6. The lowest BCUT2D eigenvalue weighted by atomic mass is 9.85. The van der Waals surface area contributed by atoms with Gasteiger partial charge in [0.25, 0.3) is 0 Å². The molecular weight excluding hydrogens is 568 g/mol. The van der Waals surface area contributed by atoms with Crippen molar-refractivity contribution in [2.75, 3.05) is 0 Å². The number of nitrogens with zero attached hydrogens (tertiary/aromatic N) is 4. The molecule has 0 aliphatic rings. The van der Waals surface area contributed by atoms with E-state index in [4.69, 9.17) is 18.8 Å². The summed E-state index contributed by atoms with van der Waals surface area (Å²) in [7, 11) is 0. The van der Waals surface area contributed by atoms with Crippen LogP contribution in [0.25, 0.3) is 88.5 Å². The monoisotopic (exact) mass is 592 g/mol. The topological polar surface area (TPSA) is 77.8 Å². The van der Waals surface area contributed by atoms with Crippen LogP contribution >= 0.6 is 0 Å². The lowest BCUT2D eigenvalue weighted by Gasteiger charge is -2.18. The van der Waals surface area contributed by atoms with Gasteiger partial charge < -0.3 is 8.83 Å². The fourth-order valence-corrected chi connectivity index (χ4v) is 6.41. The molecule has 6 nitrogen and oxygen atoms in total. The number of hydrogen-bond donors (Lipinski definition) is 0. The van der Waals surface area contributed by atoms with Gasteiger partial charge in [-0.3, -0.25) is 9.97 Å². The summed E-state index contributed by atoms with van der Waals surface area (Å²) in [4.78, 5) is 18.1. The van der Waals surface area contributed by atoms with E-state index >= 15 is 0 Å². The maximum Gasteiger partial charge on any atom is 0.181 e. The van der Waals surface area contributed by atoms with Gasteiger partial charge in [-0.15, -0.1) is 0 Å². The molecular formula is C40H24N4O2. The summed E-state index contributed by atoms with van der Waals surface area (Å²) in [6, 6.07) is 38.7. The van der Waals surface area contributed by atoms with Crippen molar-refractivity contribution in [3.05, 3.63) is 147 Å². The first-order valence-corrected chi connectivity index (χ1v) is 15.0. The first kappa shape index (κ1) is 26.0. The zero-order chi connectivity index (χ0) is 30.5. The second-order valence-electron chi connectivity index (χ2n) is 11.2. The third kappa shape index (κ3) is 4.35. The van der Waals surface area contributed by atoms with Crippen LogP contribution < -0.4 is 0 Å². The van der Waals surface area contributed by atoms with Crippen molar-refractivity contribution in [1.82, 2.24) is 19.9 Å². The Bertz CT molecular complexity index is 2500. The Balaban J connectivity index is 1.31. The summed E-state index contributed by atoms with van der Waals surface area (Å²) < 4.78 is 10.4. The highest BCUT2D eigenvalue weighted by atomic mass is 16.3. The van der Waals surface area contributed by atoms with Crippen LogP contribution in [0.5, 0.6) is 0 Å². The number of benzene rings is 5. The van der Waals surface area contributed by atoms with Crippen LogP contribution in [-0.2, 0) is 0 Å². The summed E-state index contributed by atoms with van der Waals surface area (Å²) in [6.07, 6.45) is 9.92. The van der Waals surface area contributed by atoms with E-state index in [1.54, 1.807) is 12.5 Å². The Hall–Kier alpha value is -6.40. The number of hydrogen-bond acceptors (Lipinski definition) is 6. The summed E-state index contributed by atoms with van der Waals surface area (Å²) in [6.45, 7) is 0. The molecule has 4 aromatic heterocycles. The van der Waals surface area contributed by atoms with Gasteiger partial charge in [-0.25, -0.2) is 9.97 Å². The molecule has 0 atom stereocenters. The van der Waals surface area contributed by atoms with E-state index in [0.717, 1.165) is 60.8 Å². The third-order valence-electron chi connectivity index (χ3n) is 8.60. The van der Waals surface area contributed by atoms with Gasteiger partial charge in [0.2, 0.25) is 0 Å². The third-order valence-corrected chi connectivity index (χ3v) is 8.60. The quantitative estimate of drug-likeness (QED) is 0.185. The molecule has 5 aromatic carbocycles. The van der Waals surface area contributed by atoms with E-state index in [-0.39, 0.29) is 0 Å². The molecule has 0 aliphatic heterocycles. The average molecular weight is 593 g/mol. The Labute approximate surface area is 263 Å². The minimum Gasteiger partial charge on any atom is -0.451 e. The van der Waals surface area contributed by atoms with Gasteiger partial charge in [-0.05, 0) is 78.8 Å². The molecule has 9 aromatic rings. The van der Waals surface area contributed by atoms with Crippen molar-refractivity contribution in [1.29, 1.82) is 0 Å². The van der Waals surface area contributed by atoms with Crippen molar-refractivity contribution >= 4 is 32.3 Å². The molecule has 216 valence electrons. The summed E-state index contributed by atoms with van der Waals surface area (Å²) in [5, 5.41) is 6.98. The number of rotatable bonds is 5. The Morgan fingerprint density at radius 2 is 0.891 bits per heavy atom. The van der Waals surface area contributed by atoms with Crippen LogP contribution in [0, 0.1) is 0 Å². The molecule has 6 heteroatoms. The lowest BCUT2D eigenvalue weighted by Crippen LogP contribution is -1.93. The van der Waals surface area contributed by atoms with Gasteiger partial charge in [0.05, 0.1) is 11.4 Å². The van der Waals surface area contributed by atoms with Gasteiger partial charge in [0.1, 0.15) is 23.9 Å². The molecule has 0 saturated heterocycles. The molecule has 0 N–H and O–H groups in total. The van der Waals surface area contributed by atoms with Crippen LogP contribution in [0.15, 0.2) is 156 Å². The fraction of sp³-hybridized carbons (Fsp3) is 0. The van der Waals surface area contributed by atoms with Gasteiger partial charge in [0, 0.05) is 23.5 Å². The van der Waals surface area contributed by atoms with Crippen molar-refractivity contribution < 1.29 is 8.83 Å². The molecule has 46 heavy (non-hydrogen) atoms. The number of oxazole rings is 2. The minimum atomic E-state index is 0.705. The van der Waals surface area contributed by atoms with Crippen LogP contribution in [0.1, 0.15) is 0 Å². The molecule has 0 spiro atoms. The molecule has 0 radical (unpaired) electrons. The van der Waals surface area contributed by atoms with Gasteiger partial charge in [-0.2, -0.15) is 0 Å².